The number of carbonyl (C=O) groups is 4. The van der Waals surface area contributed by atoms with Crippen LogP contribution in [0.4, 0.5) is 9.59 Å². The molecule has 4 N–H and O–H groups in total. The third-order valence-electron chi connectivity index (χ3n) is 3.68. The number of ether oxygens (including phenoxy) is 2. The molecule has 0 aromatic heterocycles. The van der Waals surface area contributed by atoms with Crippen LogP contribution in [0, 0.1) is 0 Å². The Morgan fingerprint density at radius 3 is 1.06 bits per heavy atom. The van der Waals surface area contributed by atoms with Crippen LogP contribution >= 0.6 is 21.6 Å². The molecule has 0 spiro atoms. The van der Waals surface area contributed by atoms with Crippen molar-refractivity contribution in [3.8, 4) is 0 Å². The highest BCUT2D eigenvalue weighted by Gasteiger charge is 2.44. The van der Waals surface area contributed by atoms with Crippen LogP contribution < -0.4 is 10.6 Å². The van der Waals surface area contributed by atoms with E-state index in [0.29, 0.717) is 0 Å². The molecular weight excluding hydrogens is 460 g/mol. The molecule has 0 aliphatic carbocycles. The highest BCUT2D eigenvalue weighted by atomic mass is 33.1. The second-order valence-electron chi connectivity index (χ2n) is 10.2. The minimum atomic E-state index is -1.33. The zero-order valence-electron chi connectivity index (χ0n) is 20.3. The van der Waals surface area contributed by atoms with Crippen molar-refractivity contribution in [1.82, 2.24) is 10.6 Å². The lowest BCUT2D eigenvalue weighted by Gasteiger charge is -2.36. The second-order valence-corrected chi connectivity index (χ2v) is 13.6. The van der Waals surface area contributed by atoms with Gasteiger partial charge in [0.1, 0.15) is 23.3 Å². The molecule has 0 heterocycles. The van der Waals surface area contributed by atoms with Gasteiger partial charge in [-0.2, -0.15) is 0 Å². The Kier molecular flexibility index (Phi) is 10.2. The van der Waals surface area contributed by atoms with Crippen molar-refractivity contribution >= 4 is 45.7 Å². The summed E-state index contributed by atoms with van der Waals surface area (Å²) in [6, 6.07) is -2.65. The lowest BCUT2D eigenvalue weighted by molar-refractivity contribution is -0.141. The fourth-order valence-electron chi connectivity index (χ4n) is 2.23. The van der Waals surface area contributed by atoms with Crippen LogP contribution in [0.5, 0.6) is 0 Å². The van der Waals surface area contributed by atoms with Gasteiger partial charge >= 0.3 is 24.1 Å². The molecular formula is C20H36N2O8S2. The number of nitrogens with one attached hydrogen (secondary N) is 2. The van der Waals surface area contributed by atoms with Crippen molar-refractivity contribution in [3.05, 3.63) is 0 Å². The summed E-state index contributed by atoms with van der Waals surface area (Å²) in [6.45, 7) is 16.4. The number of carboxylic acid groups (broad SMARTS) is 2. The van der Waals surface area contributed by atoms with Gasteiger partial charge in [-0.05, 0) is 69.2 Å². The quantitative estimate of drug-likeness (QED) is 0.346. The zero-order valence-corrected chi connectivity index (χ0v) is 21.9. The Labute approximate surface area is 197 Å². The molecule has 12 heteroatoms. The Morgan fingerprint density at radius 1 is 0.625 bits per heavy atom. The van der Waals surface area contributed by atoms with Crippen molar-refractivity contribution in [1.29, 1.82) is 0 Å². The van der Waals surface area contributed by atoms with Gasteiger partial charge in [-0.25, -0.2) is 19.2 Å². The summed E-state index contributed by atoms with van der Waals surface area (Å²) < 4.78 is 8.15. The summed E-state index contributed by atoms with van der Waals surface area (Å²) in [5.41, 5.74) is -1.60. The van der Waals surface area contributed by atoms with Crippen molar-refractivity contribution in [2.24, 2.45) is 0 Å². The summed E-state index contributed by atoms with van der Waals surface area (Å²) >= 11 is 0. The largest absolute Gasteiger partial charge is 0.480 e. The van der Waals surface area contributed by atoms with E-state index in [1.54, 1.807) is 69.2 Å². The first kappa shape index (κ1) is 30.2. The molecule has 0 rings (SSSR count). The van der Waals surface area contributed by atoms with Gasteiger partial charge < -0.3 is 30.3 Å². The second kappa shape index (κ2) is 10.9. The molecule has 0 aromatic carbocycles. The Balaban J connectivity index is 5.42. The summed E-state index contributed by atoms with van der Waals surface area (Å²) in [7, 11) is 2.16. The number of hydrogen-bond donors (Lipinski definition) is 4. The molecule has 0 saturated heterocycles. The topological polar surface area (TPSA) is 151 Å². The maximum Gasteiger partial charge on any atom is 0.408 e. The van der Waals surface area contributed by atoms with Gasteiger partial charge in [0.2, 0.25) is 0 Å². The van der Waals surface area contributed by atoms with E-state index in [9.17, 15) is 29.4 Å². The average molecular weight is 497 g/mol. The van der Waals surface area contributed by atoms with Crippen LogP contribution in [-0.2, 0) is 19.1 Å². The molecule has 0 saturated carbocycles. The summed E-state index contributed by atoms with van der Waals surface area (Å²) in [5.74, 6) is -2.54. The van der Waals surface area contributed by atoms with E-state index in [1.165, 1.54) is 0 Å². The number of carbonyl (C=O) groups excluding carboxylic acids is 2. The number of aliphatic carboxylic acids is 2. The molecule has 0 aromatic rings. The number of carboxylic acids is 2. The SMILES string of the molecule is CC(C)(C)OC(=O)NC(C(=O)O)C(C)(C)SSC(C)(C)[C@H](NC(=O)OC(C)(C)C)C(=O)O. The molecule has 0 aliphatic rings. The number of alkyl carbamates (subject to hydrolysis) is 2. The van der Waals surface area contributed by atoms with Crippen molar-refractivity contribution in [2.45, 2.75) is 102 Å². The van der Waals surface area contributed by atoms with E-state index < -0.39 is 56.9 Å². The number of hydrogen-bond acceptors (Lipinski definition) is 8. The summed E-state index contributed by atoms with van der Waals surface area (Å²) in [6.07, 6.45) is -1.75. The molecule has 0 bridgehead atoms. The van der Waals surface area contributed by atoms with E-state index in [4.69, 9.17) is 9.47 Å². The molecule has 32 heavy (non-hydrogen) atoms. The minimum absolute atomic E-state index is 0.802. The normalized spacial score (nSPS) is 14.7. The molecule has 186 valence electrons. The molecule has 0 radical (unpaired) electrons. The third kappa shape index (κ3) is 11.2. The maximum absolute atomic E-state index is 12.1. The third-order valence-corrected chi connectivity index (χ3v) is 7.92. The van der Waals surface area contributed by atoms with E-state index in [-0.39, 0.29) is 0 Å². The van der Waals surface area contributed by atoms with Crippen LogP contribution in [0.1, 0.15) is 69.2 Å². The fourth-order valence-corrected chi connectivity index (χ4v) is 5.04. The van der Waals surface area contributed by atoms with E-state index in [0.717, 1.165) is 21.6 Å². The van der Waals surface area contributed by atoms with Gasteiger partial charge in [-0.1, -0.05) is 21.6 Å². The van der Waals surface area contributed by atoms with Crippen molar-refractivity contribution in [3.63, 3.8) is 0 Å². The molecule has 1 unspecified atom stereocenters. The number of rotatable bonds is 9. The van der Waals surface area contributed by atoms with E-state index in [2.05, 4.69) is 10.6 Å². The summed E-state index contributed by atoms with van der Waals surface area (Å²) in [4.78, 5) is 47.9. The average Bonchev–Trinajstić information content (AvgIpc) is 2.52. The monoisotopic (exact) mass is 496 g/mol. The maximum atomic E-state index is 12.1. The first-order valence-electron chi connectivity index (χ1n) is 9.89. The minimum Gasteiger partial charge on any atom is -0.480 e. The van der Waals surface area contributed by atoms with Crippen LogP contribution in [-0.4, -0.2) is 67.1 Å². The lowest BCUT2D eigenvalue weighted by atomic mass is 10.0. The van der Waals surface area contributed by atoms with Crippen LogP contribution in [0.25, 0.3) is 0 Å². The fraction of sp³-hybridized carbons (Fsp3) is 0.800. The first-order chi connectivity index (χ1) is 14.1. The van der Waals surface area contributed by atoms with Gasteiger partial charge in [0.25, 0.3) is 0 Å². The van der Waals surface area contributed by atoms with E-state index in [1.807, 2.05) is 0 Å². The van der Waals surface area contributed by atoms with Gasteiger partial charge in [-0.15, -0.1) is 0 Å². The van der Waals surface area contributed by atoms with E-state index >= 15 is 0 Å². The zero-order chi connectivity index (χ0) is 25.7. The van der Waals surface area contributed by atoms with Gasteiger partial charge in [-0.3, -0.25) is 0 Å². The Morgan fingerprint density at radius 2 is 0.875 bits per heavy atom. The predicted octanol–water partition coefficient (Wildman–Crippen LogP) is 3.88. The Bertz CT molecular complexity index is 651. The lowest BCUT2D eigenvalue weighted by Crippen LogP contribution is -2.55. The van der Waals surface area contributed by atoms with Crippen LogP contribution in [0.2, 0.25) is 0 Å². The highest BCUT2D eigenvalue weighted by Crippen LogP contribution is 2.46. The van der Waals surface area contributed by atoms with Crippen molar-refractivity contribution < 1.29 is 38.9 Å². The van der Waals surface area contributed by atoms with Gasteiger partial charge in [0, 0.05) is 0 Å². The molecule has 0 aliphatic heterocycles. The molecule has 2 amide bonds. The van der Waals surface area contributed by atoms with Gasteiger partial charge in [0.15, 0.2) is 0 Å². The summed E-state index contributed by atoms with van der Waals surface area (Å²) in [5, 5.41) is 24.0. The van der Waals surface area contributed by atoms with Crippen LogP contribution in [0.3, 0.4) is 0 Å². The Hall–Kier alpha value is -1.82. The molecule has 10 nitrogen and oxygen atoms in total. The number of amides is 2. The first-order valence-corrected chi connectivity index (χ1v) is 12.0. The van der Waals surface area contributed by atoms with Crippen LogP contribution in [0.15, 0.2) is 0 Å². The highest BCUT2D eigenvalue weighted by molar-refractivity contribution is 8.77. The standard InChI is InChI=1S/C20H36N2O8S2/c1-17(2,3)29-15(27)21-11(13(23)24)19(7,8)31-32-20(9,10)12(14(25)26)22-16(28)30-18(4,5)6/h11-12H,1-10H3,(H,21,27)(H,22,28)(H,23,24)(H,25,26)/t11-,12?/m1/s1. The molecule has 2 atom stereocenters. The van der Waals surface area contributed by atoms with Crippen molar-refractivity contribution in [2.75, 3.05) is 0 Å². The smallest absolute Gasteiger partial charge is 0.408 e. The predicted molar refractivity (Wildman–Crippen MR) is 125 cm³/mol. The van der Waals surface area contributed by atoms with Gasteiger partial charge in [0.05, 0.1) is 9.49 Å². The molecule has 0 fully saturated rings.